The van der Waals surface area contributed by atoms with Gasteiger partial charge in [-0.15, -0.1) is 6.58 Å². The summed E-state index contributed by atoms with van der Waals surface area (Å²) < 4.78 is 33.2. The molecule has 0 bridgehead atoms. The number of allylic oxidation sites excluding steroid dienone is 3. The van der Waals surface area contributed by atoms with Gasteiger partial charge in [0.25, 0.3) is 0 Å². The zero-order valence-corrected chi connectivity index (χ0v) is 20.9. The molecule has 0 aromatic carbocycles. The molecule has 0 amide bonds. The molecule has 1 rings (SSSR count). The van der Waals surface area contributed by atoms with Crippen molar-refractivity contribution in [1.29, 1.82) is 0 Å². The van der Waals surface area contributed by atoms with E-state index in [2.05, 4.69) is 39.1 Å². The summed E-state index contributed by atoms with van der Waals surface area (Å²) in [6, 6.07) is 3.17. The van der Waals surface area contributed by atoms with Crippen molar-refractivity contribution in [3.05, 3.63) is 46.1 Å². The van der Waals surface area contributed by atoms with Crippen LogP contribution in [-0.2, 0) is 10.0 Å². The molecule has 0 aliphatic carbocycles. The molecule has 28 heavy (non-hydrogen) atoms. The van der Waals surface area contributed by atoms with Gasteiger partial charge in [0.05, 0.1) is 10.9 Å². The third kappa shape index (κ3) is 12.3. The topological polar surface area (TPSA) is 68.3 Å². The number of ether oxygens (including phenoxy) is 1. The molecule has 0 spiro atoms. The monoisotopic (exact) mass is 476 g/mol. The maximum atomic E-state index is 12.2. The Balaban J connectivity index is 0. The molecule has 162 valence electrons. The number of nitrogens with one attached hydrogen (secondary N) is 1. The van der Waals surface area contributed by atoms with Gasteiger partial charge in [-0.3, -0.25) is 0 Å². The van der Waals surface area contributed by atoms with Gasteiger partial charge in [-0.05, 0) is 61.2 Å². The van der Waals surface area contributed by atoms with Crippen LogP contribution in [0.1, 0.15) is 61.8 Å². The van der Waals surface area contributed by atoms with Crippen molar-refractivity contribution in [3.8, 4) is 5.75 Å². The molecule has 1 atom stereocenters. The van der Waals surface area contributed by atoms with E-state index in [0.29, 0.717) is 15.3 Å². The predicted molar refractivity (Wildman–Crippen MR) is 124 cm³/mol. The Morgan fingerprint density at radius 1 is 1.36 bits per heavy atom. The van der Waals surface area contributed by atoms with Crippen LogP contribution < -0.4 is 9.46 Å². The summed E-state index contributed by atoms with van der Waals surface area (Å²) in [6.45, 7) is 19.2. The molecule has 1 unspecified atom stereocenters. The average molecular weight is 478 g/mol. The SMILES string of the molecule is C/C=C(/C(C)C)S(=O)(=O)NC(C)COc1cccnc1Br.C=C(C)CC.CC. The van der Waals surface area contributed by atoms with E-state index >= 15 is 0 Å². The van der Waals surface area contributed by atoms with Crippen LogP contribution in [0.2, 0.25) is 0 Å². The van der Waals surface area contributed by atoms with Crippen molar-refractivity contribution in [2.24, 2.45) is 5.92 Å². The van der Waals surface area contributed by atoms with Crippen LogP contribution >= 0.6 is 15.9 Å². The lowest BCUT2D eigenvalue weighted by atomic mass is 10.2. The highest BCUT2D eigenvalue weighted by Gasteiger charge is 2.22. The van der Waals surface area contributed by atoms with Crippen LogP contribution in [0.25, 0.3) is 0 Å². The van der Waals surface area contributed by atoms with Gasteiger partial charge >= 0.3 is 0 Å². The van der Waals surface area contributed by atoms with Crippen LogP contribution in [0, 0.1) is 5.92 Å². The van der Waals surface area contributed by atoms with Gasteiger partial charge in [0.15, 0.2) is 5.75 Å². The van der Waals surface area contributed by atoms with Crippen molar-refractivity contribution in [3.63, 3.8) is 0 Å². The van der Waals surface area contributed by atoms with Crippen molar-refractivity contribution in [2.45, 2.75) is 67.9 Å². The molecule has 0 aliphatic rings. The summed E-state index contributed by atoms with van der Waals surface area (Å²) in [4.78, 5) is 4.43. The van der Waals surface area contributed by atoms with Crippen LogP contribution in [0.4, 0.5) is 0 Å². The number of aromatic nitrogens is 1. The molecule has 1 aromatic rings. The van der Waals surface area contributed by atoms with E-state index in [-0.39, 0.29) is 18.6 Å². The van der Waals surface area contributed by atoms with Gasteiger partial charge in [0, 0.05) is 6.20 Å². The molecule has 0 aliphatic heterocycles. The second-order valence-corrected chi connectivity index (χ2v) is 8.75. The molecule has 0 saturated carbocycles. The Bertz CT molecular complexity index is 701. The molecule has 1 aromatic heterocycles. The third-order valence-electron chi connectivity index (χ3n) is 3.34. The molecule has 0 fully saturated rings. The minimum atomic E-state index is -3.48. The molecule has 1 heterocycles. The van der Waals surface area contributed by atoms with Gasteiger partial charge in [-0.25, -0.2) is 18.1 Å². The lowest BCUT2D eigenvalue weighted by Crippen LogP contribution is -2.38. The van der Waals surface area contributed by atoms with Crippen molar-refractivity contribution in [2.75, 3.05) is 6.61 Å². The summed E-state index contributed by atoms with van der Waals surface area (Å²) in [5, 5.41) is 0. The molecule has 0 saturated heterocycles. The van der Waals surface area contributed by atoms with Crippen molar-refractivity contribution in [1.82, 2.24) is 9.71 Å². The van der Waals surface area contributed by atoms with Gasteiger partial charge in [0.1, 0.15) is 11.2 Å². The second kappa shape index (κ2) is 15.7. The zero-order valence-electron chi connectivity index (χ0n) is 18.5. The van der Waals surface area contributed by atoms with Crippen LogP contribution in [0.15, 0.2) is 46.1 Å². The summed E-state index contributed by atoms with van der Waals surface area (Å²) in [6.07, 6.45) is 4.38. The number of rotatable bonds is 8. The molecule has 0 radical (unpaired) electrons. The van der Waals surface area contributed by atoms with E-state index in [1.807, 2.05) is 34.6 Å². The third-order valence-corrected chi connectivity index (χ3v) is 5.97. The predicted octanol–water partition coefficient (Wildman–Crippen LogP) is 6.09. The van der Waals surface area contributed by atoms with Crippen molar-refractivity contribution < 1.29 is 13.2 Å². The van der Waals surface area contributed by atoms with E-state index in [0.717, 1.165) is 6.42 Å². The fourth-order valence-electron chi connectivity index (χ4n) is 1.86. The van der Waals surface area contributed by atoms with E-state index in [1.54, 1.807) is 38.3 Å². The quantitative estimate of drug-likeness (QED) is 0.363. The largest absolute Gasteiger partial charge is 0.489 e. The Morgan fingerprint density at radius 2 is 1.89 bits per heavy atom. The van der Waals surface area contributed by atoms with E-state index in [1.165, 1.54) is 5.57 Å². The summed E-state index contributed by atoms with van der Waals surface area (Å²) in [7, 11) is -3.48. The fraction of sp³-hybridized carbons (Fsp3) is 0.571. The summed E-state index contributed by atoms with van der Waals surface area (Å²) in [5.41, 5.74) is 1.25. The average Bonchev–Trinajstić information content (AvgIpc) is 2.62. The first-order valence-electron chi connectivity index (χ1n) is 9.61. The van der Waals surface area contributed by atoms with Crippen molar-refractivity contribution >= 4 is 26.0 Å². The molecular formula is C21H37BrN2O3S. The Hall–Kier alpha value is -1.18. The highest BCUT2D eigenvalue weighted by Crippen LogP contribution is 2.21. The number of pyridine rings is 1. The zero-order chi connectivity index (χ0) is 22.3. The van der Waals surface area contributed by atoms with Crippen LogP contribution in [0.5, 0.6) is 5.75 Å². The van der Waals surface area contributed by atoms with E-state index in [4.69, 9.17) is 4.74 Å². The molecular weight excluding hydrogens is 440 g/mol. The van der Waals surface area contributed by atoms with E-state index in [9.17, 15) is 8.42 Å². The highest BCUT2D eigenvalue weighted by atomic mass is 79.9. The maximum absolute atomic E-state index is 12.2. The lowest BCUT2D eigenvalue weighted by molar-refractivity contribution is 0.284. The number of hydrogen-bond donors (Lipinski definition) is 1. The highest BCUT2D eigenvalue weighted by molar-refractivity contribution is 9.10. The minimum Gasteiger partial charge on any atom is -0.489 e. The first-order chi connectivity index (χ1) is 13.0. The number of nitrogens with zero attached hydrogens (tertiary/aromatic N) is 1. The first-order valence-corrected chi connectivity index (χ1v) is 11.9. The Morgan fingerprint density at radius 3 is 2.29 bits per heavy atom. The minimum absolute atomic E-state index is 0.0620. The standard InChI is InChI=1S/C14H21BrN2O3S.C5H10.C2H6/c1-5-13(10(2)3)21(18,19)17-11(4)9-20-12-7-6-8-16-14(12)15;1-4-5(2)3;1-2/h5-8,10-11,17H,9H2,1-4H3;2,4H2,1,3H3;1-2H3/b13-5-;;. The first kappa shape index (κ1) is 29.0. The number of sulfonamides is 1. The molecule has 1 N–H and O–H groups in total. The van der Waals surface area contributed by atoms with Gasteiger partial charge in [-0.2, -0.15) is 0 Å². The Kier molecular flexibility index (Phi) is 16.3. The second-order valence-electron chi connectivity index (χ2n) is 6.28. The normalized spacial score (nSPS) is 12.3. The smallest absolute Gasteiger partial charge is 0.236 e. The van der Waals surface area contributed by atoms with Gasteiger partial charge in [0.2, 0.25) is 10.0 Å². The van der Waals surface area contributed by atoms with Crippen LogP contribution in [0.3, 0.4) is 0 Å². The van der Waals surface area contributed by atoms with Gasteiger partial charge < -0.3 is 4.74 Å². The van der Waals surface area contributed by atoms with Crippen LogP contribution in [-0.4, -0.2) is 26.1 Å². The fourth-order valence-corrected chi connectivity index (χ4v) is 3.89. The maximum Gasteiger partial charge on any atom is 0.236 e. The van der Waals surface area contributed by atoms with E-state index < -0.39 is 10.0 Å². The number of hydrogen-bond acceptors (Lipinski definition) is 4. The summed E-state index contributed by atoms with van der Waals surface area (Å²) >= 11 is 3.28. The molecule has 7 heteroatoms. The number of halogens is 1. The Labute approximate surface area is 180 Å². The lowest BCUT2D eigenvalue weighted by Gasteiger charge is -2.18. The molecule has 5 nitrogen and oxygen atoms in total. The summed E-state index contributed by atoms with van der Waals surface area (Å²) in [5.74, 6) is 0.520. The van der Waals surface area contributed by atoms with Gasteiger partial charge in [-0.1, -0.05) is 46.3 Å².